The Morgan fingerprint density at radius 1 is 0.756 bits per heavy atom. The van der Waals surface area contributed by atoms with E-state index < -0.39 is 0 Å². The largest absolute Gasteiger partial charge is 0.493 e. The fourth-order valence-electron chi connectivity index (χ4n) is 4.07. The maximum atomic E-state index is 12.5. The summed E-state index contributed by atoms with van der Waals surface area (Å²) >= 11 is 1.30. The molecule has 5 rings (SSSR count). The maximum Gasteiger partial charge on any atom is 0.264 e. The number of carbonyl (C=O) groups is 1. The number of hydrogen-bond acceptors (Lipinski definition) is 7. The number of amidine groups is 1. The molecular weight excluding hydrogens is 536 g/mol. The van der Waals surface area contributed by atoms with Crippen molar-refractivity contribution in [2.75, 3.05) is 13.7 Å². The van der Waals surface area contributed by atoms with Gasteiger partial charge in [-0.2, -0.15) is 0 Å². The second-order valence-electron chi connectivity index (χ2n) is 9.00. The predicted octanol–water partition coefficient (Wildman–Crippen LogP) is 7.14. The number of thioether (sulfide) groups is 1. The topological polar surface area (TPSA) is 78.4 Å². The molecule has 0 bridgehead atoms. The summed E-state index contributed by atoms with van der Waals surface area (Å²) in [5.74, 6) is 2.31. The molecule has 0 unspecified atom stereocenters. The van der Waals surface area contributed by atoms with E-state index in [-0.39, 0.29) is 5.91 Å². The fraction of sp³-hybridized carbons (Fsp3) is 0.152. The van der Waals surface area contributed by atoms with Gasteiger partial charge in [0.2, 0.25) is 0 Å². The molecule has 0 radical (unpaired) electrons. The molecule has 0 saturated carbocycles. The number of hydrogen-bond donors (Lipinski definition) is 1. The van der Waals surface area contributed by atoms with Crippen LogP contribution in [0.4, 0.5) is 5.69 Å². The molecule has 1 heterocycles. The Kier molecular flexibility index (Phi) is 9.23. The Balaban J connectivity index is 1.26. The molecule has 0 aromatic heterocycles. The van der Waals surface area contributed by atoms with Gasteiger partial charge in [0.05, 0.1) is 24.3 Å². The van der Waals surface area contributed by atoms with E-state index >= 15 is 0 Å². The number of ether oxygens (including phenoxy) is 4. The lowest BCUT2D eigenvalue weighted by Gasteiger charge is -2.15. The van der Waals surface area contributed by atoms with Crippen LogP contribution in [0.2, 0.25) is 0 Å². The van der Waals surface area contributed by atoms with Crippen LogP contribution in [0.1, 0.15) is 23.6 Å². The van der Waals surface area contributed by atoms with E-state index in [9.17, 15) is 4.79 Å². The van der Waals surface area contributed by atoms with Gasteiger partial charge in [-0.1, -0.05) is 60.7 Å². The van der Waals surface area contributed by atoms with Crippen molar-refractivity contribution in [2.45, 2.75) is 20.1 Å². The summed E-state index contributed by atoms with van der Waals surface area (Å²) in [5.41, 5.74) is 3.61. The third kappa shape index (κ3) is 7.49. The molecular formula is C33H30N2O5S. The zero-order valence-electron chi connectivity index (χ0n) is 22.8. The molecule has 1 amide bonds. The maximum absolute atomic E-state index is 12.5. The van der Waals surface area contributed by atoms with E-state index in [0.717, 1.165) is 22.4 Å². The average Bonchev–Trinajstić information content (AvgIpc) is 3.34. The van der Waals surface area contributed by atoms with E-state index in [1.807, 2.05) is 110 Å². The molecule has 0 spiro atoms. The van der Waals surface area contributed by atoms with Crippen molar-refractivity contribution in [2.24, 2.45) is 4.99 Å². The highest BCUT2D eigenvalue weighted by molar-refractivity contribution is 8.18. The minimum atomic E-state index is -0.187. The van der Waals surface area contributed by atoms with Gasteiger partial charge >= 0.3 is 0 Å². The summed E-state index contributed by atoms with van der Waals surface area (Å²) in [6.45, 7) is 3.16. The SMILES string of the molecule is CCOc1cc(/C=C2/SC(=Nc3ccccc3)NC2=O)ccc1OCc1ccc(OCc2ccccc2)c(OC)c1. The molecule has 4 aromatic rings. The first-order valence-corrected chi connectivity index (χ1v) is 14.0. The lowest BCUT2D eigenvalue weighted by Crippen LogP contribution is -2.19. The van der Waals surface area contributed by atoms with Gasteiger partial charge in [-0.25, -0.2) is 4.99 Å². The summed E-state index contributed by atoms with van der Waals surface area (Å²) in [6, 6.07) is 30.9. The van der Waals surface area contributed by atoms with Crippen LogP contribution < -0.4 is 24.3 Å². The molecule has 1 saturated heterocycles. The highest BCUT2D eigenvalue weighted by atomic mass is 32.2. The van der Waals surface area contributed by atoms with Crippen molar-refractivity contribution in [1.82, 2.24) is 5.32 Å². The van der Waals surface area contributed by atoms with Crippen LogP contribution in [-0.2, 0) is 18.0 Å². The molecule has 7 nitrogen and oxygen atoms in total. The number of aliphatic imine (C=N–C) groups is 1. The number of para-hydroxylation sites is 1. The molecule has 1 N–H and O–H groups in total. The number of amides is 1. The van der Waals surface area contributed by atoms with E-state index in [1.165, 1.54) is 11.8 Å². The van der Waals surface area contributed by atoms with Crippen LogP contribution in [0.25, 0.3) is 6.08 Å². The second-order valence-corrected chi connectivity index (χ2v) is 10.0. The van der Waals surface area contributed by atoms with E-state index in [0.29, 0.717) is 52.9 Å². The number of methoxy groups -OCH3 is 1. The van der Waals surface area contributed by atoms with Gasteiger partial charge < -0.3 is 24.3 Å². The first-order chi connectivity index (χ1) is 20.1. The van der Waals surface area contributed by atoms with Crippen molar-refractivity contribution < 1.29 is 23.7 Å². The molecule has 208 valence electrons. The number of benzene rings is 4. The Bertz CT molecular complexity index is 1550. The van der Waals surface area contributed by atoms with Crippen LogP contribution in [0, 0.1) is 0 Å². The lowest BCUT2D eigenvalue weighted by molar-refractivity contribution is -0.115. The third-order valence-corrected chi connectivity index (χ3v) is 6.97. The molecule has 41 heavy (non-hydrogen) atoms. The molecule has 1 fully saturated rings. The number of nitrogens with zero attached hydrogens (tertiary/aromatic N) is 1. The zero-order chi connectivity index (χ0) is 28.4. The standard InChI is InChI=1S/C33H30N2O5S/c1-3-38-30-18-24(20-31-32(36)35-33(41-31)34-26-12-8-5-9-13-26)14-16-28(30)40-22-25-15-17-27(29(19-25)37-2)39-21-23-10-6-4-7-11-23/h4-20H,3,21-22H2,1-2H3,(H,34,35,36)/b31-20+. The number of carbonyl (C=O) groups excluding carboxylic acids is 1. The first-order valence-electron chi connectivity index (χ1n) is 13.2. The fourth-order valence-corrected chi connectivity index (χ4v) is 4.91. The van der Waals surface area contributed by atoms with Crippen molar-refractivity contribution in [3.05, 3.63) is 119 Å². The average molecular weight is 567 g/mol. The van der Waals surface area contributed by atoms with Gasteiger partial charge in [0.1, 0.15) is 13.2 Å². The van der Waals surface area contributed by atoms with Crippen molar-refractivity contribution >= 4 is 34.6 Å². The Labute approximate surface area is 243 Å². The normalized spacial score (nSPS) is 14.6. The quantitative estimate of drug-likeness (QED) is 0.194. The second kappa shape index (κ2) is 13.6. The Hall–Kier alpha value is -4.69. The van der Waals surface area contributed by atoms with Gasteiger partial charge in [0, 0.05) is 0 Å². The van der Waals surface area contributed by atoms with Gasteiger partial charge in [0.25, 0.3) is 5.91 Å². The van der Waals surface area contributed by atoms with Gasteiger partial charge in [-0.05, 0) is 77.9 Å². The molecule has 4 aromatic carbocycles. The monoisotopic (exact) mass is 566 g/mol. The summed E-state index contributed by atoms with van der Waals surface area (Å²) in [7, 11) is 1.62. The van der Waals surface area contributed by atoms with Crippen molar-refractivity contribution in [1.29, 1.82) is 0 Å². The summed E-state index contributed by atoms with van der Waals surface area (Å²) in [6.07, 6.45) is 1.82. The van der Waals surface area contributed by atoms with E-state index in [2.05, 4.69) is 10.3 Å². The highest BCUT2D eigenvalue weighted by Crippen LogP contribution is 2.34. The van der Waals surface area contributed by atoms with Crippen molar-refractivity contribution in [3.8, 4) is 23.0 Å². The zero-order valence-corrected chi connectivity index (χ0v) is 23.6. The van der Waals surface area contributed by atoms with Crippen LogP contribution >= 0.6 is 11.8 Å². The molecule has 1 aliphatic rings. The molecule has 8 heteroatoms. The molecule has 0 aliphatic carbocycles. The van der Waals surface area contributed by atoms with Gasteiger partial charge in [-0.3, -0.25) is 4.79 Å². The third-order valence-electron chi connectivity index (χ3n) is 6.06. The van der Waals surface area contributed by atoms with Crippen molar-refractivity contribution in [3.63, 3.8) is 0 Å². The highest BCUT2D eigenvalue weighted by Gasteiger charge is 2.24. The summed E-state index contributed by atoms with van der Waals surface area (Å²) in [5, 5.41) is 3.37. The van der Waals surface area contributed by atoms with Gasteiger partial charge in [0.15, 0.2) is 28.2 Å². The minimum absolute atomic E-state index is 0.187. The van der Waals surface area contributed by atoms with E-state index in [4.69, 9.17) is 18.9 Å². The van der Waals surface area contributed by atoms with Crippen LogP contribution in [0.3, 0.4) is 0 Å². The van der Waals surface area contributed by atoms with E-state index in [1.54, 1.807) is 7.11 Å². The summed E-state index contributed by atoms with van der Waals surface area (Å²) < 4.78 is 23.5. The number of rotatable bonds is 11. The minimum Gasteiger partial charge on any atom is -0.493 e. The van der Waals surface area contributed by atoms with Gasteiger partial charge in [-0.15, -0.1) is 0 Å². The molecule has 1 aliphatic heterocycles. The smallest absolute Gasteiger partial charge is 0.264 e. The van der Waals surface area contributed by atoms with Crippen LogP contribution in [-0.4, -0.2) is 24.8 Å². The summed E-state index contributed by atoms with van der Waals surface area (Å²) in [4.78, 5) is 17.6. The lowest BCUT2D eigenvalue weighted by atomic mass is 10.1. The van der Waals surface area contributed by atoms with Crippen LogP contribution in [0.5, 0.6) is 23.0 Å². The molecule has 0 atom stereocenters. The van der Waals surface area contributed by atoms with Crippen LogP contribution in [0.15, 0.2) is 107 Å². The first kappa shape index (κ1) is 27.9. The Morgan fingerprint density at radius 3 is 2.17 bits per heavy atom. The Morgan fingerprint density at radius 2 is 1.44 bits per heavy atom. The predicted molar refractivity (Wildman–Crippen MR) is 163 cm³/mol. The number of nitrogens with one attached hydrogen (secondary N) is 1.